The number of hydrogen-bond donors (Lipinski definition) is 0. The Balaban J connectivity index is 1.48. The minimum absolute atomic E-state index is 0.0631. The second-order valence-corrected chi connectivity index (χ2v) is 8.57. The van der Waals surface area contributed by atoms with Crippen LogP contribution in [0, 0.1) is 11.3 Å². The smallest absolute Gasteiger partial charge is 0.254 e. The molecule has 0 saturated carbocycles. The van der Waals surface area contributed by atoms with Crippen LogP contribution in [0.4, 0.5) is 5.82 Å². The number of amides is 1. The molecule has 0 bridgehead atoms. The number of pyridine rings is 2. The van der Waals surface area contributed by atoms with E-state index in [0.717, 1.165) is 18.4 Å². The van der Waals surface area contributed by atoms with Crippen molar-refractivity contribution < 1.29 is 9.21 Å². The quantitative estimate of drug-likeness (QED) is 0.460. The highest BCUT2D eigenvalue weighted by Crippen LogP contribution is 2.28. The number of carbonyl (C=O) groups excluding carboxylic acids is 1. The first kappa shape index (κ1) is 21.6. The van der Waals surface area contributed by atoms with Gasteiger partial charge in [0.2, 0.25) is 0 Å². The highest BCUT2D eigenvalue weighted by atomic mass is 16.3. The summed E-state index contributed by atoms with van der Waals surface area (Å²) < 4.78 is 7.40. The molecule has 0 aromatic carbocycles. The van der Waals surface area contributed by atoms with E-state index >= 15 is 0 Å². The number of rotatable bonds is 4. The minimum atomic E-state index is -0.0631. The van der Waals surface area contributed by atoms with E-state index in [9.17, 15) is 10.1 Å². The van der Waals surface area contributed by atoms with E-state index in [1.165, 1.54) is 0 Å². The van der Waals surface area contributed by atoms with Crippen molar-refractivity contribution in [3.05, 3.63) is 60.1 Å². The van der Waals surface area contributed by atoms with Crippen LogP contribution in [0.5, 0.6) is 0 Å². The summed E-state index contributed by atoms with van der Waals surface area (Å²) in [6.07, 6.45) is 5.79. The second-order valence-electron chi connectivity index (χ2n) is 8.57. The second kappa shape index (κ2) is 8.98. The number of furan rings is 1. The fourth-order valence-electron chi connectivity index (χ4n) is 4.36. The third-order valence-corrected chi connectivity index (χ3v) is 6.05. The molecule has 1 aliphatic heterocycles. The lowest BCUT2D eigenvalue weighted by molar-refractivity contribution is 0.0769. The maximum atomic E-state index is 13.8. The molecule has 4 aromatic rings. The summed E-state index contributed by atoms with van der Waals surface area (Å²) in [6, 6.07) is 11.3. The van der Waals surface area contributed by atoms with E-state index in [1.807, 2.05) is 29.5 Å². The van der Waals surface area contributed by atoms with Crippen molar-refractivity contribution in [2.75, 3.05) is 31.1 Å². The lowest BCUT2D eigenvalue weighted by Crippen LogP contribution is -2.35. The molecule has 9 nitrogen and oxygen atoms in total. The summed E-state index contributed by atoms with van der Waals surface area (Å²) >= 11 is 0. The van der Waals surface area contributed by atoms with Crippen LogP contribution in [0.1, 0.15) is 42.2 Å². The van der Waals surface area contributed by atoms with Gasteiger partial charge < -0.3 is 14.2 Å². The minimum Gasteiger partial charge on any atom is -0.463 e. The van der Waals surface area contributed by atoms with Gasteiger partial charge in [-0.3, -0.25) is 4.79 Å². The van der Waals surface area contributed by atoms with E-state index in [0.29, 0.717) is 53.7 Å². The lowest BCUT2D eigenvalue weighted by Gasteiger charge is -2.23. The maximum absolute atomic E-state index is 13.8. The predicted molar refractivity (Wildman–Crippen MR) is 127 cm³/mol. The molecule has 1 saturated heterocycles. The number of nitrogens with zero attached hydrogens (tertiary/aromatic N) is 7. The first-order valence-electron chi connectivity index (χ1n) is 11.4. The summed E-state index contributed by atoms with van der Waals surface area (Å²) in [5, 5.41) is 14.7. The Bertz CT molecular complexity index is 1370. The molecule has 34 heavy (non-hydrogen) atoms. The molecule has 0 unspecified atom stereocenters. The molecule has 5 heterocycles. The Morgan fingerprint density at radius 2 is 2.06 bits per heavy atom. The summed E-state index contributed by atoms with van der Waals surface area (Å²) in [5.41, 5.74) is 2.37. The van der Waals surface area contributed by atoms with Crippen molar-refractivity contribution in [3.63, 3.8) is 0 Å². The summed E-state index contributed by atoms with van der Waals surface area (Å²) in [6.45, 7) is 6.53. The first-order chi connectivity index (χ1) is 16.6. The summed E-state index contributed by atoms with van der Waals surface area (Å²) in [4.78, 5) is 26.9. The SMILES string of the molecule is CC(C)n1ncc2c(C(=O)N3CCCN(c4ncccc4C#N)CC3)cc(-c3ccco3)nc21. The third kappa shape index (κ3) is 3.88. The number of anilines is 1. The molecule has 9 heteroatoms. The maximum Gasteiger partial charge on any atom is 0.254 e. The number of hydrogen-bond acceptors (Lipinski definition) is 7. The van der Waals surface area contributed by atoms with Crippen molar-refractivity contribution in [2.24, 2.45) is 0 Å². The fraction of sp³-hybridized carbons (Fsp3) is 0.320. The molecule has 0 spiro atoms. The van der Waals surface area contributed by atoms with Crippen LogP contribution in [0.15, 0.2) is 53.4 Å². The lowest BCUT2D eigenvalue weighted by atomic mass is 10.1. The number of aromatic nitrogens is 4. The molecule has 1 amide bonds. The van der Waals surface area contributed by atoms with Crippen molar-refractivity contribution in [1.29, 1.82) is 5.26 Å². The van der Waals surface area contributed by atoms with Crippen LogP contribution in [0.3, 0.4) is 0 Å². The van der Waals surface area contributed by atoms with Gasteiger partial charge in [0.05, 0.1) is 29.0 Å². The van der Waals surface area contributed by atoms with E-state index in [2.05, 4.69) is 21.1 Å². The zero-order valence-corrected chi connectivity index (χ0v) is 19.2. The molecule has 4 aromatic heterocycles. The average Bonchev–Trinajstić information content (AvgIpc) is 3.48. The van der Waals surface area contributed by atoms with Gasteiger partial charge in [-0.05, 0) is 50.6 Å². The first-order valence-corrected chi connectivity index (χ1v) is 11.4. The summed E-state index contributed by atoms with van der Waals surface area (Å²) in [5.74, 6) is 1.21. The van der Waals surface area contributed by atoms with Crippen molar-refractivity contribution in [3.8, 4) is 17.5 Å². The van der Waals surface area contributed by atoms with Gasteiger partial charge in [0, 0.05) is 38.4 Å². The molecule has 0 radical (unpaired) electrons. The third-order valence-electron chi connectivity index (χ3n) is 6.05. The van der Waals surface area contributed by atoms with Gasteiger partial charge in [0.25, 0.3) is 5.91 Å². The molecule has 1 fully saturated rings. The number of fused-ring (bicyclic) bond motifs is 1. The van der Waals surface area contributed by atoms with Crippen LogP contribution < -0.4 is 4.90 Å². The van der Waals surface area contributed by atoms with Crippen LogP contribution in [-0.2, 0) is 0 Å². The van der Waals surface area contributed by atoms with Gasteiger partial charge in [-0.1, -0.05) is 0 Å². The Morgan fingerprint density at radius 3 is 2.82 bits per heavy atom. The molecule has 172 valence electrons. The molecular weight excluding hydrogens is 430 g/mol. The topological polar surface area (TPSA) is 104 Å². The van der Waals surface area contributed by atoms with E-state index in [1.54, 1.807) is 42.9 Å². The number of carbonyl (C=O) groups is 1. The van der Waals surface area contributed by atoms with E-state index in [4.69, 9.17) is 9.40 Å². The normalized spacial score (nSPS) is 14.4. The van der Waals surface area contributed by atoms with Crippen molar-refractivity contribution >= 4 is 22.8 Å². The van der Waals surface area contributed by atoms with Crippen molar-refractivity contribution in [2.45, 2.75) is 26.3 Å². The van der Waals surface area contributed by atoms with Gasteiger partial charge in [-0.25, -0.2) is 14.6 Å². The molecule has 1 aliphatic rings. The van der Waals surface area contributed by atoms with Gasteiger partial charge in [0.15, 0.2) is 11.4 Å². The molecule has 0 N–H and O–H groups in total. The average molecular weight is 456 g/mol. The van der Waals surface area contributed by atoms with Crippen LogP contribution in [0.2, 0.25) is 0 Å². The highest BCUT2D eigenvalue weighted by Gasteiger charge is 2.26. The zero-order chi connectivity index (χ0) is 23.7. The largest absolute Gasteiger partial charge is 0.463 e. The molecular formula is C25H25N7O2. The monoisotopic (exact) mass is 455 g/mol. The Morgan fingerprint density at radius 1 is 1.18 bits per heavy atom. The Labute approximate surface area is 197 Å². The highest BCUT2D eigenvalue weighted by molar-refractivity contribution is 6.06. The molecule has 0 aliphatic carbocycles. The molecule has 5 rings (SSSR count). The van der Waals surface area contributed by atoms with E-state index < -0.39 is 0 Å². The Hall–Kier alpha value is -4.19. The van der Waals surface area contributed by atoms with Gasteiger partial charge in [0.1, 0.15) is 17.6 Å². The van der Waals surface area contributed by atoms with Gasteiger partial charge in [-0.15, -0.1) is 0 Å². The Kier molecular flexibility index (Phi) is 5.72. The number of nitriles is 1. The summed E-state index contributed by atoms with van der Waals surface area (Å²) in [7, 11) is 0. The molecule has 0 atom stereocenters. The fourth-order valence-corrected chi connectivity index (χ4v) is 4.36. The van der Waals surface area contributed by atoms with Gasteiger partial charge in [-0.2, -0.15) is 10.4 Å². The van der Waals surface area contributed by atoms with Gasteiger partial charge >= 0.3 is 0 Å². The predicted octanol–water partition coefficient (Wildman–Crippen LogP) is 3.89. The van der Waals surface area contributed by atoms with Crippen LogP contribution in [0.25, 0.3) is 22.5 Å². The van der Waals surface area contributed by atoms with E-state index in [-0.39, 0.29) is 11.9 Å². The van der Waals surface area contributed by atoms with Crippen LogP contribution >= 0.6 is 0 Å². The van der Waals surface area contributed by atoms with Crippen LogP contribution in [-0.4, -0.2) is 56.7 Å². The van der Waals surface area contributed by atoms with Crippen molar-refractivity contribution in [1.82, 2.24) is 24.6 Å². The zero-order valence-electron chi connectivity index (χ0n) is 19.2. The standard InChI is InChI=1S/C25H25N7O2/c1-17(2)32-24-20(16-28-32)19(14-21(29-24)22-7-4-13-34-22)25(33)31-10-5-9-30(11-12-31)23-18(15-26)6-3-8-27-23/h3-4,6-8,13-14,16-17H,5,9-12H2,1-2H3.